The topological polar surface area (TPSA) is 59.3 Å². The first kappa shape index (κ1) is 15.0. The number of para-hydroxylation sites is 1. The van der Waals surface area contributed by atoms with Crippen LogP contribution in [0, 0.1) is 13.8 Å². The van der Waals surface area contributed by atoms with E-state index in [0.717, 1.165) is 22.1 Å². The molecule has 0 aliphatic carbocycles. The van der Waals surface area contributed by atoms with Crippen LogP contribution in [0.15, 0.2) is 46.9 Å². The fourth-order valence-electron chi connectivity index (χ4n) is 2.60. The molecular weight excluding hydrogens is 290 g/mol. The van der Waals surface area contributed by atoms with Gasteiger partial charge < -0.3 is 9.73 Å². The molecule has 4 nitrogen and oxygen atoms in total. The molecule has 0 atom stereocenters. The molecule has 1 aromatic heterocycles. The highest BCUT2D eigenvalue weighted by molar-refractivity contribution is 6.07. The van der Waals surface area contributed by atoms with Crippen LogP contribution in [-0.4, -0.2) is 11.7 Å². The maximum atomic E-state index is 12.5. The van der Waals surface area contributed by atoms with Gasteiger partial charge in [-0.15, -0.1) is 0 Å². The van der Waals surface area contributed by atoms with E-state index in [0.29, 0.717) is 17.0 Å². The standard InChI is InChI=1S/C19H17NO3/c1-11-6-4-9-16-12(2)18(23-17(11)16)19(22)20-15-8-5-7-14(10-15)13(3)21/h4-10H,1-3H3,(H,20,22). The summed E-state index contributed by atoms with van der Waals surface area (Å²) >= 11 is 0. The van der Waals surface area contributed by atoms with E-state index in [1.54, 1.807) is 24.3 Å². The number of Topliss-reactive ketones (excluding diaryl/α,β-unsaturated/α-hetero) is 1. The third kappa shape index (κ3) is 2.75. The van der Waals surface area contributed by atoms with Crippen molar-refractivity contribution in [2.24, 2.45) is 0 Å². The number of furan rings is 1. The van der Waals surface area contributed by atoms with Crippen LogP contribution in [0.1, 0.15) is 39.0 Å². The van der Waals surface area contributed by atoms with Gasteiger partial charge in [-0.2, -0.15) is 0 Å². The smallest absolute Gasteiger partial charge is 0.291 e. The van der Waals surface area contributed by atoms with Crippen LogP contribution in [-0.2, 0) is 0 Å². The number of benzene rings is 2. The number of carbonyl (C=O) groups is 2. The second-order valence-electron chi connectivity index (χ2n) is 5.60. The zero-order valence-corrected chi connectivity index (χ0v) is 13.3. The Hall–Kier alpha value is -2.88. The molecule has 4 heteroatoms. The number of anilines is 1. The first-order valence-electron chi connectivity index (χ1n) is 7.38. The minimum Gasteiger partial charge on any atom is -0.450 e. The van der Waals surface area contributed by atoms with Crippen LogP contribution in [0.3, 0.4) is 0 Å². The number of ketones is 1. The van der Waals surface area contributed by atoms with Crippen LogP contribution < -0.4 is 5.32 Å². The summed E-state index contributed by atoms with van der Waals surface area (Å²) in [5, 5.41) is 3.73. The number of nitrogens with one attached hydrogen (secondary N) is 1. The Morgan fingerprint density at radius 3 is 2.48 bits per heavy atom. The number of hydrogen-bond acceptors (Lipinski definition) is 3. The van der Waals surface area contributed by atoms with E-state index in [2.05, 4.69) is 5.32 Å². The van der Waals surface area contributed by atoms with Gasteiger partial charge in [0, 0.05) is 22.2 Å². The zero-order chi connectivity index (χ0) is 16.6. The van der Waals surface area contributed by atoms with Gasteiger partial charge in [-0.1, -0.05) is 30.3 Å². The predicted molar refractivity (Wildman–Crippen MR) is 90.1 cm³/mol. The molecule has 1 N–H and O–H groups in total. The predicted octanol–water partition coefficient (Wildman–Crippen LogP) is 4.50. The van der Waals surface area contributed by atoms with Crippen LogP contribution in [0.25, 0.3) is 11.0 Å². The Morgan fingerprint density at radius 2 is 1.78 bits per heavy atom. The van der Waals surface area contributed by atoms with E-state index in [9.17, 15) is 9.59 Å². The van der Waals surface area contributed by atoms with E-state index >= 15 is 0 Å². The molecule has 3 aromatic rings. The average Bonchev–Trinajstić information content (AvgIpc) is 2.86. The molecule has 0 aliphatic heterocycles. The van der Waals surface area contributed by atoms with E-state index in [4.69, 9.17) is 4.42 Å². The number of rotatable bonds is 3. The van der Waals surface area contributed by atoms with Gasteiger partial charge in [0.25, 0.3) is 5.91 Å². The fourth-order valence-corrected chi connectivity index (χ4v) is 2.60. The van der Waals surface area contributed by atoms with Crippen molar-refractivity contribution in [1.82, 2.24) is 0 Å². The molecule has 0 saturated carbocycles. The number of amides is 1. The van der Waals surface area contributed by atoms with Crippen molar-refractivity contribution in [3.63, 3.8) is 0 Å². The Balaban J connectivity index is 1.95. The van der Waals surface area contributed by atoms with Crippen molar-refractivity contribution < 1.29 is 14.0 Å². The normalized spacial score (nSPS) is 10.7. The minimum absolute atomic E-state index is 0.0448. The van der Waals surface area contributed by atoms with Crippen LogP contribution in [0.4, 0.5) is 5.69 Å². The van der Waals surface area contributed by atoms with Crippen molar-refractivity contribution >= 4 is 28.3 Å². The average molecular weight is 307 g/mol. The lowest BCUT2D eigenvalue weighted by molar-refractivity contribution is 0.0993. The second-order valence-corrected chi connectivity index (χ2v) is 5.60. The van der Waals surface area contributed by atoms with Crippen molar-refractivity contribution in [2.75, 3.05) is 5.32 Å². The first-order valence-corrected chi connectivity index (χ1v) is 7.38. The maximum Gasteiger partial charge on any atom is 0.291 e. The lowest BCUT2D eigenvalue weighted by atomic mass is 10.1. The van der Waals surface area contributed by atoms with Gasteiger partial charge in [0.2, 0.25) is 0 Å². The van der Waals surface area contributed by atoms with Gasteiger partial charge in [-0.25, -0.2) is 0 Å². The summed E-state index contributed by atoms with van der Waals surface area (Å²) in [6.45, 7) is 5.31. The lowest BCUT2D eigenvalue weighted by Crippen LogP contribution is -2.12. The summed E-state index contributed by atoms with van der Waals surface area (Å²) in [6, 6.07) is 12.7. The molecule has 23 heavy (non-hydrogen) atoms. The van der Waals surface area contributed by atoms with Crippen molar-refractivity contribution in [3.8, 4) is 0 Å². The van der Waals surface area contributed by atoms with Gasteiger partial charge in [0.1, 0.15) is 5.58 Å². The van der Waals surface area contributed by atoms with Crippen molar-refractivity contribution in [1.29, 1.82) is 0 Å². The summed E-state index contributed by atoms with van der Waals surface area (Å²) in [5.41, 5.74) is 3.65. The molecule has 1 heterocycles. The maximum absolute atomic E-state index is 12.5. The lowest BCUT2D eigenvalue weighted by Gasteiger charge is -2.05. The number of carbonyl (C=O) groups excluding carboxylic acids is 2. The Labute approximate surface area is 134 Å². The molecule has 0 fully saturated rings. The van der Waals surface area contributed by atoms with E-state index < -0.39 is 0 Å². The summed E-state index contributed by atoms with van der Waals surface area (Å²) in [6.07, 6.45) is 0. The van der Waals surface area contributed by atoms with E-state index in [-0.39, 0.29) is 11.7 Å². The molecular formula is C19H17NO3. The number of hydrogen-bond donors (Lipinski definition) is 1. The molecule has 3 rings (SSSR count). The monoisotopic (exact) mass is 307 g/mol. The third-order valence-electron chi connectivity index (χ3n) is 3.89. The third-order valence-corrected chi connectivity index (χ3v) is 3.89. The molecule has 0 saturated heterocycles. The molecule has 0 spiro atoms. The Morgan fingerprint density at radius 1 is 1.04 bits per heavy atom. The van der Waals surface area contributed by atoms with Gasteiger partial charge in [0.15, 0.2) is 11.5 Å². The van der Waals surface area contributed by atoms with Crippen LogP contribution >= 0.6 is 0 Å². The summed E-state index contributed by atoms with van der Waals surface area (Å²) < 4.78 is 5.76. The number of aryl methyl sites for hydroxylation is 2. The summed E-state index contributed by atoms with van der Waals surface area (Å²) in [4.78, 5) is 23.9. The largest absolute Gasteiger partial charge is 0.450 e. The summed E-state index contributed by atoms with van der Waals surface area (Å²) in [7, 11) is 0. The first-order chi connectivity index (χ1) is 11.0. The highest BCUT2D eigenvalue weighted by Crippen LogP contribution is 2.28. The Bertz CT molecular complexity index is 922. The van der Waals surface area contributed by atoms with Crippen molar-refractivity contribution in [3.05, 3.63) is 64.9 Å². The number of fused-ring (bicyclic) bond motifs is 1. The van der Waals surface area contributed by atoms with Crippen molar-refractivity contribution in [2.45, 2.75) is 20.8 Å². The molecule has 2 aromatic carbocycles. The second kappa shape index (κ2) is 5.72. The SMILES string of the molecule is CC(=O)c1cccc(NC(=O)c2oc3c(C)cccc3c2C)c1. The van der Waals surface area contributed by atoms with E-state index in [1.807, 2.05) is 32.0 Å². The van der Waals surface area contributed by atoms with Gasteiger partial charge in [0.05, 0.1) is 0 Å². The molecule has 0 aliphatic rings. The van der Waals surface area contributed by atoms with E-state index in [1.165, 1.54) is 6.92 Å². The van der Waals surface area contributed by atoms with Crippen LogP contribution in [0.5, 0.6) is 0 Å². The molecule has 0 radical (unpaired) electrons. The Kier molecular flexibility index (Phi) is 3.74. The molecule has 116 valence electrons. The zero-order valence-electron chi connectivity index (χ0n) is 13.3. The molecule has 0 bridgehead atoms. The van der Waals surface area contributed by atoms with Crippen LogP contribution in [0.2, 0.25) is 0 Å². The highest BCUT2D eigenvalue weighted by Gasteiger charge is 2.18. The minimum atomic E-state index is -0.321. The van der Waals surface area contributed by atoms with Gasteiger partial charge in [-0.05, 0) is 38.5 Å². The fraction of sp³-hybridized carbons (Fsp3) is 0.158. The molecule has 1 amide bonds. The van der Waals surface area contributed by atoms with Gasteiger partial charge in [-0.3, -0.25) is 9.59 Å². The quantitative estimate of drug-likeness (QED) is 0.724. The van der Waals surface area contributed by atoms with Gasteiger partial charge >= 0.3 is 0 Å². The summed E-state index contributed by atoms with van der Waals surface area (Å²) in [5.74, 6) is -0.0713. The highest BCUT2D eigenvalue weighted by atomic mass is 16.3. The molecule has 0 unspecified atom stereocenters.